The third-order valence-corrected chi connectivity index (χ3v) is 8.77. The van der Waals surface area contributed by atoms with Gasteiger partial charge in [0.2, 0.25) is 0 Å². The zero-order chi connectivity index (χ0) is 24.3. The van der Waals surface area contributed by atoms with Crippen LogP contribution in [0.2, 0.25) is 0 Å². The van der Waals surface area contributed by atoms with E-state index in [1.165, 1.54) is 0 Å². The van der Waals surface area contributed by atoms with Crippen LogP contribution in [0.4, 0.5) is 0 Å². The molecule has 3 heterocycles. The molecule has 1 aliphatic heterocycles. The van der Waals surface area contributed by atoms with Gasteiger partial charge in [-0.3, -0.25) is 14.6 Å². The lowest BCUT2D eigenvalue weighted by molar-refractivity contribution is 0.0522. The molecule has 0 unspecified atom stereocenters. The molecular weight excluding hydrogens is 446 g/mol. The van der Waals surface area contributed by atoms with E-state index in [1.54, 1.807) is 24.6 Å². The highest BCUT2D eigenvalue weighted by Gasteiger charge is 2.44. The van der Waals surface area contributed by atoms with Crippen molar-refractivity contribution in [1.82, 2.24) is 14.9 Å². The molecule has 0 radical (unpaired) electrons. The van der Waals surface area contributed by atoms with Crippen LogP contribution in [-0.2, 0) is 11.8 Å². The number of ketones is 1. The summed E-state index contributed by atoms with van der Waals surface area (Å²) in [5.74, 6) is 0.856. The molecule has 34 heavy (non-hydrogen) atoms. The number of thiazole rings is 1. The summed E-state index contributed by atoms with van der Waals surface area (Å²) >= 11 is 1.69. The molecule has 6 nitrogen and oxygen atoms in total. The molecule has 5 rings (SSSR count). The second-order valence-corrected chi connectivity index (χ2v) is 11.9. The normalized spacial score (nSPS) is 17.8. The Labute approximate surface area is 204 Å². The van der Waals surface area contributed by atoms with E-state index in [9.17, 15) is 9.59 Å². The van der Waals surface area contributed by atoms with Gasteiger partial charge in [0.05, 0.1) is 12.1 Å². The second kappa shape index (κ2) is 8.15. The molecule has 0 atom stereocenters. The highest BCUT2D eigenvalue weighted by molar-refractivity contribution is 7.12. The zero-order valence-electron chi connectivity index (χ0n) is 20.5. The standard InChI is InChI=1S/C27H31N3O3S/c1-16-19-12-17(13-21(33-5)18(19)6-9-28-16)24(32)30-10-7-27(8-11-30)14-20(31)23-22(15-27)34-25(29-23)26(2,3)4/h6,9,12-13H,7-8,10-11,14-15H2,1-5H3. The molecule has 1 aromatic carbocycles. The monoisotopic (exact) mass is 477 g/mol. The molecule has 0 saturated carbocycles. The predicted molar refractivity (Wildman–Crippen MR) is 134 cm³/mol. The third-order valence-electron chi connectivity index (χ3n) is 7.29. The molecule has 1 spiro atoms. The van der Waals surface area contributed by atoms with Crippen molar-refractivity contribution in [3.63, 3.8) is 0 Å². The Hall–Kier alpha value is -2.80. The fourth-order valence-electron chi connectivity index (χ4n) is 5.24. The Bertz CT molecular complexity index is 1300. The van der Waals surface area contributed by atoms with Crippen molar-refractivity contribution in [2.45, 2.75) is 58.8 Å². The second-order valence-electron chi connectivity index (χ2n) is 10.8. The smallest absolute Gasteiger partial charge is 0.254 e. The number of carbonyl (C=O) groups excluding carboxylic acids is 2. The van der Waals surface area contributed by atoms with E-state index in [1.807, 2.05) is 30.0 Å². The summed E-state index contributed by atoms with van der Waals surface area (Å²) in [5.41, 5.74) is 2.06. The summed E-state index contributed by atoms with van der Waals surface area (Å²) in [7, 11) is 1.63. The van der Waals surface area contributed by atoms with Crippen LogP contribution in [0.1, 0.15) is 76.5 Å². The Morgan fingerprint density at radius 3 is 2.56 bits per heavy atom. The third kappa shape index (κ3) is 3.90. The molecule has 2 aromatic heterocycles. The molecule has 1 aliphatic carbocycles. The topological polar surface area (TPSA) is 72.4 Å². The zero-order valence-corrected chi connectivity index (χ0v) is 21.3. The van der Waals surface area contributed by atoms with E-state index in [0.717, 1.165) is 45.6 Å². The van der Waals surface area contributed by atoms with Crippen molar-refractivity contribution in [1.29, 1.82) is 0 Å². The first kappa shape index (κ1) is 23.0. The van der Waals surface area contributed by atoms with Crippen LogP contribution >= 0.6 is 11.3 Å². The molecule has 0 bridgehead atoms. The molecule has 0 N–H and O–H groups in total. The summed E-state index contributed by atoms with van der Waals surface area (Å²) in [6.45, 7) is 9.67. The maximum absolute atomic E-state index is 13.4. The van der Waals surface area contributed by atoms with Crippen molar-refractivity contribution < 1.29 is 14.3 Å². The maximum atomic E-state index is 13.4. The van der Waals surface area contributed by atoms with Gasteiger partial charge in [-0.1, -0.05) is 20.8 Å². The largest absolute Gasteiger partial charge is 0.496 e. The molecule has 1 fully saturated rings. The fourth-order valence-corrected chi connectivity index (χ4v) is 6.55. The summed E-state index contributed by atoms with van der Waals surface area (Å²) in [6, 6.07) is 5.67. The average Bonchev–Trinajstić information content (AvgIpc) is 3.24. The number of nitrogens with zero attached hydrogens (tertiary/aromatic N) is 3. The van der Waals surface area contributed by atoms with Crippen LogP contribution in [-0.4, -0.2) is 46.8 Å². The van der Waals surface area contributed by atoms with Crippen LogP contribution in [0.3, 0.4) is 0 Å². The molecule has 1 saturated heterocycles. The van der Waals surface area contributed by atoms with E-state index in [2.05, 4.69) is 25.8 Å². The number of amides is 1. The molecule has 7 heteroatoms. The number of hydrogen-bond acceptors (Lipinski definition) is 6. The fraction of sp³-hybridized carbons (Fsp3) is 0.481. The number of aryl methyl sites for hydroxylation is 1. The highest BCUT2D eigenvalue weighted by atomic mass is 32.1. The van der Waals surface area contributed by atoms with Gasteiger partial charge in [0, 0.05) is 58.0 Å². The number of fused-ring (bicyclic) bond motifs is 2. The van der Waals surface area contributed by atoms with Crippen molar-refractivity contribution >= 4 is 33.8 Å². The Morgan fingerprint density at radius 2 is 1.88 bits per heavy atom. The van der Waals surface area contributed by atoms with Gasteiger partial charge in [-0.05, 0) is 49.8 Å². The van der Waals surface area contributed by atoms with Gasteiger partial charge in [0.25, 0.3) is 5.91 Å². The van der Waals surface area contributed by atoms with Crippen LogP contribution in [0.5, 0.6) is 5.75 Å². The van der Waals surface area contributed by atoms with Gasteiger partial charge in [-0.25, -0.2) is 4.98 Å². The minimum absolute atomic E-state index is 0.00828. The van der Waals surface area contributed by atoms with Crippen LogP contribution in [0.15, 0.2) is 24.4 Å². The van der Waals surface area contributed by atoms with E-state index in [4.69, 9.17) is 9.72 Å². The van der Waals surface area contributed by atoms with E-state index in [0.29, 0.717) is 36.5 Å². The van der Waals surface area contributed by atoms with Crippen LogP contribution < -0.4 is 4.74 Å². The Morgan fingerprint density at radius 1 is 1.15 bits per heavy atom. The number of pyridine rings is 1. The van der Waals surface area contributed by atoms with Gasteiger partial charge in [-0.2, -0.15) is 0 Å². The van der Waals surface area contributed by atoms with Gasteiger partial charge >= 0.3 is 0 Å². The van der Waals surface area contributed by atoms with Crippen molar-refractivity contribution in [2.75, 3.05) is 20.2 Å². The average molecular weight is 478 g/mol. The van der Waals surface area contributed by atoms with Gasteiger partial charge in [0.1, 0.15) is 11.4 Å². The number of aromatic nitrogens is 2. The quantitative estimate of drug-likeness (QED) is 0.497. The van der Waals surface area contributed by atoms with E-state index in [-0.39, 0.29) is 22.5 Å². The van der Waals surface area contributed by atoms with Crippen molar-refractivity contribution in [2.24, 2.45) is 5.41 Å². The highest BCUT2D eigenvalue weighted by Crippen LogP contribution is 2.46. The number of methoxy groups -OCH3 is 1. The van der Waals surface area contributed by atoms with Crippen LogP contribution in [0, 0.1) is 12.3 Å². The predicted octanol–water partition coefficient (Wildman–Crippen LogP) is 5.36. The Balaban J connectivity index is 1.36. The lowest BCUT2D eigenvalue weighted by Crippen LogP contribution is -2.46. The number of carbonyl (C=O) groups is 2. The molecule has 178 valence electrons. The first-order valence-corrected chi connectivity index (χ1v) is 12.7. The first-order chi connectivity index (χ1) is 16.1. The number of benzene rings is 1. The molecule has 1 amide bonds. The number of ether oxygens (including phenoxy) is 1. The SMILES string of the molecule is COc1cc(C(=O)N2CCC3(CC2)CC(=O)c2nc(C(C)(C)C)sc2C3)cc2c(C)nccc12. The van der Waals surface area contributed by atoms with Gasteiger partial charge < -0.3 is 9.64 Å². The van der Waals surface area contributed by atoms with Gasteiger partial charge in [-0.15, -0.1) is 11.3 Å². The Kier molecular flexibility index (Phi) is 5.51. The molecular formula is C27H31N3O3S. The lowest BCUT2D eigenvalue weighted by Gasteiger charge is -2.43. The summed E-state index contributed by atoms with van der Waals surface area (Å²) in [4.78, 5) is 38.6. The summed E-state index contributed by atoms with van der Waals surface area (Å²) in [6.07, 6.45) is 4.84. The lowest BCUT2D eigenvalue weighted by atomic mass is 9.68. The van der Waals surface area contributed by atoms with Crippen molar-refractivity contribution in [3.8, 4) is 5.75 Å². The molecule has 2 aliphatic rings. The van der Waals surface area contributed by atoms with Crippen molar-refractivity contribution in [3.05, 3.63) is 51.2 Å². The summed E-state index contributed by atoms with van der Waals surface area (Å²) < 4.78 is 5.58. The summed E-state index contributed by atoms with van der Waals surface area (Å²) in [5, 5.41) is 2.93. The number of rotatable bonds is 2. The van der Waals surface area contributed by atoms with Crippen LogP contribution in [0.25, 0.3) is 10.8 Å². The molecule has 3 aromatic rings. The maximum Gasteiger partial charge on any atom is 0.254 e. The first-order valence-electron chi connectivity index (χ1n) is 11.9. The number of Topliss-reactive ketones (excluding diaryl/α,β-unsaturated/α-hetero) is 1. The van der Waals surface area contributed by atoms with Gasteiger partial charge in [0.15, 0.2) is 5.78 Å². The number of piperidine rings is 1. The van der Waals surface area contributed by atoms with E-state index >= 15 is 0 Å². The number of likely N-dealkylation sites (tertiary alicyclic amines) is 1. The minimum atomic E-state index is -0.0653. The minimum Gasteiger partial charge on any atom is -0.496 e. The van der Waals surface area contributed by atoms with E-state index < -0.39 is 0 Å². The number of hydrogen-bond donors (Lipinski definition) is 0.